The molecule has 0 radical (unpaired) electrons. The van der Waals surface area contributed by atoms with Crippen LogP contribution in [0.2, 0.25) is 0 Å². The van der Waals surface area contributed by atoms with Crippen LogP contribution in [0.5, 0.6) is 11.5 Å². The predicted molar refractivity (Wildman–Crippen MR) is 92.8 cm³/mol. The van der Waals surface area contributed by atoms with Gasteiger partial charge in [-0.2, -0.15) is 0 Å². The van der Waals surface area contributed by atoms with Crippen LogP contribution in [0.1, 0.15) is 11.1 Å². The minimum atomic E-state index is -0.166. The summed E-state index contributed by atoms with van der Waals surface area (Å²) in [4.78, 5) is 11.9. The molecule has 5 heteroatoms. The Morgan fingerprint density at radius 3 is 2.54 bits per heavy atom. The van der Waals surface area contributed by atoms with Gasteiger partial charge in [0.2, 0.25) is 5.91 Å². The van der Waals surface area contributed by atoms with E-state index < -0.39 is 0 Å². The van der Waals surface area contributed by atoms with Crippen molar-refractivity contribution in [2.24, 2.45) is 0 Å². The summed E-state index contributed by atoms with van der Waals surface area (Å²) in [5.74, 6) is 1.31. The lowest BCUT2D eigenvalue weighted by Crippen LogP contribution is -2.20. The lowest BCUT2D eigenvalue weighted by molar-refractivity contribution is -0.116. The molecule has 0 atom stereocenters. The first-order valence-electron chi connectivity index (χ1n) is 7.52. The minimum absolute atomic E-state index is 0.166. The van der Waals surface area contributed by atoms with Crippen molar-refractivity contribution in [2.75, 3.05) is 21.0 Å². The monoisotopic (exact) mass is 327 g/mol. The highest BCUT2D eigenvalue weighted by Gasteiger charge is 2.02. The molecular formula is C19H21NO4. The molecular weight excluding hydrogens is 306 g/mol. The molecule has 1 amide bonds. The average Bonchev–Trinajstić information content (AvgIpc) is 2.64. The second-order valence-corrected chi connectivity index (χ2v) is 4.98. The van der Waals surface area contributed by atoms with Crippen LogP contribution in [0.25, 0.3) is 6.08 Å². The van der Waals surface area contributed by atoms with Gasteiger partial charge in [0.1, 0.15) is 11.5 Å². The van der Waals surface area contributed by atoms with Crippen LogP contribution in [0, 0.1) is 0 Å². The first kappa shape index (κ1) is 17.6. The molecule has 0 unspecified atom stereocenters. The molecule has 2 aromatic carbocycles. The standard InChI is InChI=1S/C19H21NO4/c1-22-14-24-17-10-7-15(8-11-17)9-12-19(21)20-13-16-5-3-4-6-18(16)23-2/h3-12H,13-14H2,1-2H3,(H,20,21)/b12-9+. The fourth-order valence-corrected chi connectivity index (χ4v) is 2.06. The number of benzene rings is 2. The maximum atomic E-state index is 11.9. The van der Waals surface area contributed by atoms with Crippen LogP contribution in [0.4, 0.5) is 0 Å². The molecule has 0 heterocycles. The molecule has 0 aliphatic rings. The molecule has 24 heavy (non-hydrogen) atoms. The molecule has 0 aliphatic carbocycles. The van der Waals surface area contributed by atoms with Crippen LogP contribution in [-0.2, 0) is 16.1 Å². The third kappa shape index (κ3) is 5.44. The van der Waals surface area contributed by atoms with Gasteiger partial charge in [-0.1, -0.05) is 30.3 Å². The lowest BCUT2D eigenvalue weighted by atomic mass is 10.2. The van der Waals surface area contributed by atoms with E-state index in [1.165, 1.54) is 6.08 Å². The zero-order chi connectivity index (χ0) is 17.2. The second-order valence-electron chi connectivity index (χ2n) is 4.98. The van der Waals surface area contributed by atoms with Crippen molar-refractivity contribution in [3.63, 3.8) is 0 Å². The molecule has 0 saturated heterocycles. The Bertz CT molecular complexity index is 680. The number of para-hydroxylation sites is 1. The summed E-state index contributed by atoms with van der Waals surface area (Å²) in [6.07, 6.45) is 3.25. The maximum Gasteiger partial charge on any atom is 0.244 e. The highest BCUT2D eigenvalue weighted by molar-refractivity contribution is 5.91. The van der Waals surface area contributed by atoms with Crippen molar-refractivity contribution in [2.45, 2.75) is 6.54 Å². The number of nitrogens with one attached hydrogen (secondary N) is 1. The number of carbonyl (C=O) groups excluding carboxylic acids is 1. The van der Waals surface area contributed by atoms with Gasteiger partial charge in [-0.15, -0.1) is 0 Å². The third-order valence-electron chi connectivity index (χ3n) is 3.30. The molecule has 0 spiro atoms. The summed E-state index contributed by atoms with van der Waals surface area (Å²) in [7, 11) is 3.18. The Kier molecular flexibility index (Phi) is 6.86. The van der Waals surface area contributed by atoms with Crippen LogP contribution in [-0.4, -0.2) is 26.9 Å². The molecule has 0 bridgehead atoms. The average molecular weight is 327 g/mol. The Labute approximate surface area is 141 Å². The van der Waals surface area contributed by atoms with E-state index in [0.717, 1.165) is 22.6 Å². The molecule has 2 rings (SSSR count). The van der Waals surface area contributed by atoms with Gasteiger partial charge < -0.3 is 19.5 Å². The lowest BCUT2D eigenvalue weighted by Gasteiger charge is -2.08. The zero-order valence-corrected chi connectivity index (χ0v) is 13.8. The number of methoxy groups -OCH3 is 2. The van der Waals surface area contributed by atoms with Gasteiger partial charge in [-0.3, -0.25) is 4.79 Å². The second kappa shape index (κ2) is 9.37. The van der Waals surface area contributed by atoms with Crippen molar-refractivity contribution in [3.8, 4) is 11.5 Å². The van der Waals surface area contributed by atoms with Crippen molar-refractivity contribution < 1.29 is 19.0 Å². The van der Waals surface area contributed by atoms with Crippen LogP contribution in [0.15, 0.2) is 54.6 Å². The fraction of sp³-hybridized carbons (Fsp3) is 0.211. The summed E-state index contributed by atoms with van der Waals surface area (Å²) in [6.45, 7) is 0.623. The summed E-state index contributed by atoms with van der Waals surface area (Å²) in [6, 6.07) is 15.0. The summed E-state index contributed by atoms with van der Waals surface area (Å²) < 4.78 is 15.4. The molecule has 0 saturated carbocycles. The predicted octanol–water partition coefficient (Wildman–Crippen LogP) is 3.01. The van der Waals surface area contributed by atoms with Gasteiger partial charge in [0.25, 0.3) is 0 Å². The zero-order valence-electron chi connectivity index (χ0n) is 13.8. The van der Waals surface area contributed by atoms with E-state index in [0.29, 0.717) is 6.54 Å². The van der Waals surface area contributed by atoms with Gasteiger partial charge >= 0.3 is 0 Å². The number of ether oxygens (including phenoxy) is 3. The third-order valence-corrected chi connectivity index (χ3v) is 3.30. The van der Waals surface area contributed by atoms with Crippen molar-refractivity contribution in [3.05, 3.63) is 65.7 Å². The summed E-state index contributed by atoms with van der Waals surface area (Å²) in [5, 5.41) is 2.84. The van der Waals surface area contributed by atoms with E-state index in [4.69, 9.17) is 14.2 Å². The van der Waals surface area contributed by atoms with E-state index >= 15 is 0 Å². The maximum absolute atomic E-state index is 11.9. The quantitative estimate of drug-likeness (QED) is 0.598. The number of amides is 1. The first-order valence-corrected chi connectivity index (χ1v) is 7.52. The number of carbonyl (C=O) groups is 1. The highest BCUT2D eigenvalue weighted by Crippen LogP contribution is 2.16. The summed E-state index contributed by atoms with van der Waals surface area (Å²) >= 11 is 0. The SMILES string of the molecule is COCOc1ccc(/C=C/C(=O)NCc2ccccc2OC)cc1. The molecule has 1 N–H and O–H groups in total. The Morgan fingerprint density at radius 2 is 1.83 bits per heavy atom. The smallest absolute Gasteiger partial charge is 0.244 e. The molecule has 126 valence electrons. The van der Waals surface area contributed by atoms with Gasteiger partial charge in [-0.25, -0.2) is 0 Å². The van der Waals surface area contributed by atoms with E-state index in [9.17, 15) is 4.79 Å². The van der Waals surface area contributed by atoms with Crippen molar-refractivity contribution in [1.29, 1.82) is 0 Å². The molecule has 0 fully saturated rings. The Morgan fingerprint density at radius 1 is 1.08 bits per heavy atom. The number of hydrogen-bond donors (Lipinski definition) is 1. The molecule has 0 aliphatic heterocycles. The first-order chi connectivity index (χ1) is 11.7. The molecule has 0 aromatic heterocycles. The Hall–Kier alpha value is -2.79. The van der Waals surface area contributed by atoms with Crippen LogP contribution >= 0.6 is 0 Å². The number of rotatable bonds is 8. The van der Waals surface area contributed by atoms with Gasteiger partial charge in [0, 0.05) is 25.3 Å². The normalized spacial score (nSPS) is 10.6. The topological polar surface area (TPSA) is 56.8 Å². The largest absolute Gasteiger partial charge is 0.496 e. The number of hydrogen-bond acceptors (Lipinski definition) is 4. The van der Waals surface area contributed by atoms with Gasteiger partial charge in [-0.05, 0) is 29.8 Å². The van der Waals surface area contributed by atoms with Crippen LogP contribution in [0.3, 0.4) is 0 Å². The summed E-state index contributed by atoms with van der Waals surface area (Å²) in [5.41, 5.74) is 1.84. The van der Waals surface area contributed by atoms with E-state index in [1.54, 1.807) is 20.3 Å². The van der Waals surface area contributed by atoms with Crippen molar-refractivity contribution >= 4 is 12.0 Å². The Balaban J connectivity index is 1.86. The van der Waals surface area contributed by atoms with Crippen molar-refractivity contribution in [1.82, 2.24) is 5.32 Å². The van der Waals surface area contributed by atoms with E-state index in [1.807, 2.05) is 48.5 Å². The van der Waals surface area contributed by atoms with E-state index in [2.05, 4.69) is 5.32 Å². The molecule has 2 aromatic rings. The minimum Gasteiger partial charge on any atom is -0.496 e. The van der Waals surface area contributed by atoms with Gasteiger partial charge in [0.05, 0.1) is 7.11 Å². The van der Waals surface area contributed by atoms with Crippen LogP contribution < -0.4 is 14.8 Å². The fourth-order valence-electron chi connectivity index (χ4n) is 2.06. The highest BCUT2D eigenvalue weighted by atomic mass is 16.7. The van der Waals surface area contributed by atoms with E-state index in [-0.39, 0.29) is 12.7 Å². The molecule has 5 nitrogen and oxygen atoms in total. The van der Waals surface area contributed by atoms with Gasteiger partial charge in [0.15, 0.2) is 6.79 Å².